The van der Waals surface area contributed by atoms with Crippen LogP contribution in [0.25, 0.3) is 10.8 Å². The summed E-state index contributed by atoms with van der Waals surface area (Å²) in [6.07, 6.45) is 1.55. The Morgan fingerprint density at radius 1 is 1.36 bits per heavy atom. The van der Waals surface area contributed by atoms with E-state index in [4.69, 9.17) is 16.7 Å². The Hall–Kier alpha value is -1.61. The topological polar surface area (TPSA) is 50.2 Å². The van der Waals surface area contributed by atoms with E-state index in [9.17, 15) is 4.79 Å². The van der Waals surface area contributed by atoms with Crippen LogP contribution in [0.1, 0.15) is 10.4 Å². The fourth-order valence-corrected chi connectivity index (χ4v) is 1.50. The van der Waals surface area contributed by atoms with Crippen LogP contribution in [0.15, 0.2) is 30.5 Å². The third-order valence-corrected chi connectivity index (χ3v) is 2.26. The second-order valence-electron chi connectivity index (χ2n) is 2.84. The molecule has 0 spiro atoms. The van der Waals surface area contributed by atoms with Crippen molar-refractivity contribution in [2.75, 3.05) is 0 Å². The van der Waals surface area contributed by atoms with E-state index < -0.39 is 5.97 Å². The van der Waals surface area contributed by atoms with Gasteiger partial charge in [-0.3, -0.25) is 0 Å². The minimum Gasteiger partial charge on any atom is -0.478 e. The van der Waals surface area contributed by atoms with Gasteiger partial charge in [0.25, 0.3) is 0 Å². The largest absolute Gasteiger partial charge is 0.478 e. The quantitative estimate of drug-likeness (QED) is 0.732. The molecule has 0 saturated heterocycles. The lowest BCUT2D eigenvalue weighted by Crippen LogP contribution is -1.95. The van der Waals surface area contributed by atoms with Crippen molar-refractivity contribution in [3.63, 3.8) is 0 Å². The Labute approximate surface area is 85.0 Å². The molecule has 1 aromatic carbocycles. The van der Waals surface area contributed by atoms with E-state index in [1.54, 1.807) is 24.4 Å². The number of hydrogen-bond acceptors (Lipinski definition) is 2. The van der Waals surface area contributed by atoms with E-state index >= 15 is 0 Å². The van der Waals surface area contributed by atoms with E-state index in [2.05, 4.69) is 4.98 Å². The molecular formula is C10H6ClNO2. The first kappa shape index (κ1) is 8.97. The van der Waals surface area contributed by atoms with Gasteiger partial charge in [0.15, 0.2) is 0 Å². The molecule has 0 atom stereocenters. The van der Waals surface area contributed by atoms with E-state index in [-0.39, 0.29) is 5.56 Å². The highest BCUT2D eigenvalue weighted by Crippen LogP contribution is 2.21. The molecule has 0 aliphatic heterocycles. The zero-order chi connectivity index (χ0) is 10.1. The van der Waals surface area contributed by atoms with Crippen LogP contribution in [0.5, 0.6) is 0 Å². The minimum absolute atomic E-state index is 0.250. The number of carboxylic acid groups (broad SMARTS) is 1. The van der Waals surface area contributed by atoms with Gasteiger partial charge in [0.05, 0.1) is 5.56 Å². The first-order chi connectivity index (χ1) is 6.68. The number of carboxylic acids is 1. The molecule has 14 heavy (non-hydrogen) atoms. The van der Waals surface area contributed by atoms with Crippen LogP contribution in [0.2, 0.25) is 5.15 Å². The van der Waals surface area contributed by atoms with Gasteiger partial charge in [-0.1, -0.05) is 17.7 Å². The van der Waals surface area contributed by atoms with Gasteiger partial charge in [0, 0.05) is 11.6 Å². The zero-order valence-corrected chi connectivity index (χ0v) is 7.82. The second-order valence-corrected chi connectivity index (χ2v) is 3.20. The van der Waals surface area contributed by atoms with Crippen LogP contribution >= 0.6 is 11.6 Å². The van der Waals surface area contributed by atoms with Gasteiger partial charge in [-0.15, -0.1) is 0 Å². The van der Waals surface area contributed by atoms with Crippen LogP contribution < -0.4 is 0 Å². The standard InChI is InChI=1S/C10H6ClNO2/c11-9-8-2-1-7(10(13)14)5-6(8)3-4-12-9/h1-5H,(H,13,14). The van der Waals surface area contributed by atoms with Crippen molar-refractivity contribution in [2.45, 2.75) is 0 Å². The van der Waals surface area contributed by atoms with Crippen molar-refractivity contribution in [3.05, 3.63) is 41.2 Å². The number of halogens is 1. The number of nitrogens with zero attached hydrogens (tertiary/aromatic N) is 1. The van der Waals surface area contributed by atoms with E-state index in [0.29, 0.717) is 5.15 Å². The lowest BCUT2D eigenvalue weighted by atomic mass is 10.1. The number of benzene rings is 1. The molecule has 0 unspecified atom stereocenters. The SMILES string of the molecule is O=C(O)c1ccc2c(Cl)nccc2c1. The maximum atomic E-state index is 10.7. The van der Waals surface area contributed by atoms with Crippen molar-refractivity contribution in [2.24, 2.45) is 0 Å². The highest BCUT2D eigenvalue weighted by Gasteiger charge is 2.05. The maximum Gasteiger partial charge on any atom is 0.335 e. The van der Waals surface area contributed by atoms with Crippen molar-refractivity contribution >= 4 is 28.3 Å². The summed E-state index contributed by atoms with van der Waals surface area (Å²) in [7, 11) is 0. The summed E-state index contributed by atoms with van der Waals surface area (Å²) in [6, 6.07) is 6.48. The number of pyridine rings is 1. The third kappa shape index (κ3) is 1.42. The Kier molecular flexibility index (Phi) is 2.09. The van der Waals surface area contributed by atoms with E-state index in [1.807, 2.05) is 0 Å². The molecule has 0 radical (unpaired) electrons. The monoisotopic (exact) mass is 207 g/mol. The Morgan fingerprint density at radius 3 is 2.86 bits per heavy atom. The smallest absolute Gasteiger partial charge is 0.335 e. The number of hydrogen-bond donors (Lipinski definition) is 1. The molecule has 0 saturated carbocycles. The summed E-state index contributed by atoms with van der Waals surface area (Å²) in [6.45, 7) is 0. The predicted octanol–water partition coefficient (Wildman–Crippen LogP) is 2.59. The Morgan fingerprint density at radius 2 is 2.14 bits per heavy atom. The average molecular weight is 208 g/mol. The normalized spacial score (nSPS) is 10.4. The van der Waals surface area contributed by atoms with E-state index in [0.717, 1.165) is 10.8 Å². The molecule has 2 aromatic rings. The van der Waals surface area contributed by atoms with Gasteiger partial charge >= 0.3 is 5.97 Å². The first-order valence-corrected chi connectivity index (χ1v) is 4.34. The zero-order valence-electron chi connectivity index (χ0n) is 7.07. The number of fused-ring (bicyclic) bond motifs is 1. The third-order valence-electron chi connectivity index (χ3n) is 1.96. The lowest BCUT2D eigenvalue weighted by molar-refractivity contribution is 0.0697. The summed E-state index contributed by atoms with van der Waals surface area (Å²) in [4.78, 5) is 14.6. The molecule has 2 rings (SSSR count). The van der Waals surface area contributed by atoms with Crippen molar-refractivity contribution in [1.82, 2.24) is 4.98 Å². The molecule has 4 heteroatoms. The molecule has 1 heterocycles. The maximum absolute atomic E-state index is 10.7. The van der Waals surface area contributed by atoms with Crippen molar-refractivity contribution < 1.29 is 9.90 Å². The molecule has 0 fully saturated rings. The number of carbonyl (C=O) groups is 1. The summed E-state index contributed by atoms with van der Waals surface area (Å²) >= 11 is 5.83. The second kappa shape index (κ2) is 3.27. The van der Waals surface area contributed by atoms with Crippen molar-refractivity contribution in [3.8, 4) is 0 Å². The minimum atomic E-state index is -0.945. The Bertz CT molecular complexity index is 510. The molecule has 0 aliphatic carbocycles. The highest BCUT2D eigenvalue weighted by atomic mass is 35.5. The summed E-state index contributed by atoms with van der Waals surface area (Å²) in [5, 5.41) is 10.7. The summed E-state index contributed by atoms with van der Waals surface area (Å²) in [5.41, 5.74) is 0.250. The first-order valence-electron chi connectivity index (χ1n) is 3.96. The molecule has 0 bridgehead atoms. The van der Waals surface area contributed by atoms with Crippen LogP contribution in [0.3, 0.4) is 0 Å². The molecule has 3 nitrogen and oxygen atoms in total. The van der Waals surface area contributed by atoms with Crippen molar-refractivity contribution in [1.29, 1.82) is 0 Å². The molecule has 0 amide bonds. The van der Waals surface area contributed by atoms with Crippen LogP contribution in [-0.4, -0.2) is 16.1 Å². The Balaban J connectivity index is 2.73. The van der Waals surface area contributed by atoms with Crippen LogP contribution in [0, 0.1) is 0 Å². The fourth-order valence-electron chi connectivity index (χ4n) is 1.27. The average Bonchev–Trinajstić information content (AvgIpc) is 2.17. The van der Waals surface area contributed by atoms with Crippen LogP contribution in [0.4, 0.5) is 0 Å². The number of rotatable bonds is 1. The molecule has 0 aliphatic rings. The van der Waals surface area contributed by atoms with Gasteiger partial charge < -0.3 is 5.11 Å². The van der Waals surface area contributed by atoms with Gasteiger partial charge in [-0.2, -0.15) is 0 Å². The fraction of sp³-hybridized carbons (Fsp3) is 0. The summed E-state index contributed by atoms with van der Waals surface area (Å²) in [5.74, 6) is -0.945. The van der Waals surface area contributed by atoms with Gasteiger partial charge in [-0.25, -0.2) is 9.78 Å². The van der Waals surface area contributed by atoms with E-state index in [1.165, 1.54) is 6.07 Å². The molecule has 70 valence electrons. The van der Waals surface area contributed by atoms with Gasteiger partial charge in [0.1, 0.15) is 5.15 Å². The summed E-state index contributed by atoms with van der Waals surface area (Å²) < 4.78 is 0. The highest BCUT2D eigenvalue weighted by molar-refractivity contribution is 6.34. The number of aromatic nitrogens is 1. The van der Waals surface area contributed by atoms with Gasteiger partial charge in [0.2, 0.25) is 0 Å². The molecular weight excluding hydrogens is 202 g/mol. The predicted molar refractivity (Wildman–Crippen MR) is 53.7 cm³/mol. The lowest BCUT2D eigenvalue weighted by Gasteiger charge is -2.00. The molecule has 1 aromatic heterocycles. The molecule has 1 N–H and O–H groups in total. The number of aromatic carboxylic acids is 1. The van der Waals surface area contributed by atoms with Gasteiger partial charge in [-0.05, 0) is 23.6 Å². The van der Waals surface area contributed by atoms with Crippen LogP contribution in [-0.2, 0) is 0 Å².